The molecule has 0 aromatic carbocycles. The normalized spacial score (nSPS) is 15.1. The number of nitriles is 1. The second kappa shape index (κ2) is 9.55. The van der Waals surface area contributed by atoms with E-state index in [1.165, 1.54) is 12.4 Å². The summed E-state index contributed by atoms with van der Waals surface area (Å²) in [4.78, 5) is 24.8. The Labute approximate surface area is 178 Å². The summed E-state index contributed by atoms with van der Waals surface area (Å²) in [6.45, 7) is 2.61. The van der Waals surface area contributed by atoms with Crippen LogP contribution in [-0.4, -0.2) is 50.7 Å². The van der Waals surface area contributed by atoms with E-state index in [2.05, 4.69) is 46.4 Å². The summed E-state index contributed by atoms with van der Waals surface area (Å²) in [6, 6.07) is 7.02. The highest BCUT2D eigenvalue weighted by Crippen LogP contribution is 2.21. The molecule has 11 nitrogen and oxygen atoms in total. The molecule has 0 spiro atoms. The highest BCUT2D eigenvalue weighted by molar-refractivity contribution is 6.06. The van der Waals surface area contributed by atoms with Crippen molar-refractivity contribution >= 4 is 28.9 Å². The quantitative estimate of drug-likeness (QED) is 0.446. The lowest BCUT2D eigenvalue weighted by Crippen LogP contribution is -2.21. The molecule has 4 rings (SSSR count). The van der Waals surface area contributed by atoms with Crippen molar-refractivity contribution in [2.75, 3.05) is 35.6 Å². The summed E-state index contributed by atoms with van der Waals surface area (Å²) < 4.78 is 0. The molecule has 1 fully saturated rings. The van der Waals surface area contributed by atoms with Crippen LogP contribution in [0.25, 0.3) is 0 Å². The Morgan fingerprint density at radius 2 is 2.06 bits per heavy atom. The van der Waals surface area contributed by atoms with Gasteiger partial charge in [0.25, 0.3) is 5.91 Å². The van der Waals surface area contributed by atoms with Gasteiger partial charge in [0, 0.05) is 30.7 Å². The maximum Gasteiger partial charge on any atom is 0.278 e. The molecule has 3 aromatic heterocycles. The molecule has 0 radical (unpaired) electrons. The fourth-order valence-electron chi connectivity index (χ4n) is 3.11. The lowest BCUT2D eigenvalue weighted by molar-refractivity contribution is 0.102. The lowest BCUT2D eigenvalue weighted by atomic mass is 10.1. The van der Waals surface area contributed by atoms with E-state index in [9.17, 15) is 4.79 Å². The zero-order valence-corrected chi connectivity index (χ0v) is 16.5. The van der Waals surface area contributed by atoms with E-state index in [-0.39, 0.29) is 17.3 Å². The van der Waals surface area contributed by atoms with Crippen LogP contribution >= 0.6 is 0 Å². The predicted octanol–water partition coefficient (Wildman–Crippen LogP) is 1.55. The first-order chi connectivity index (χ1) is 15.2. The molecule has 1 saturated heterocycles. The highest BCUT2D eigenvalue weighted by atomic mass is 16.2. The van der Waals surface area contributed by atoms with Crippen molar-refractivity contribution in [3.63, 3.8) is 0 Å². The number of rotatable bonds is 7. The van der Waals surface area contributed by atoms with Gasteiger partial charge in [-0.15, -0.1) is 10.2 Å². The van der Waals surface area contributed by atoms with Crippen LogP contribution in [0.2, 0.25) is 0 Å². The van der Waals surface area contributed by atoms with Crippen LogP contribution in [0.4, 0.5) is 23.0 Å². The number of aromatic nitrogens is 5. The van der Waals surface area contributed by atoms with E-state index in [0.717, 1.165) is 19.5 Å². The molecule has 0 aliphatic carbocycles. The topological polar surface area (TPSA) is 153 Å². The summed E-state index contributed by atoms with van der Waals surface area (Å²) in [5.41, 5.74) is 1.56. The number of hydrogen-bond donors (Lipinski definition) is 4. The van der Waals surface area contributed by atoms with Crippen molar-refractivity contribution in [1.29, 1.82) is 5.26 Å². The predicted molar refractivity (Wildman–Crippen MR) is 114 cm³/mol. The van der Waals surface area contributed by atoms with Crippen LogP contribution in [0.3, 0.4) is 0 Å². The number of carbonyl (C=O) groups is 1. The molecule has 1 unspecified atom stereocenters. The fraction of sp³-hybridized carbons (Fsp3) is 0.250. The summed E-state index contributed by atoms with van der Waals surface area (Å²) in [6.07, 6.45) is 7.05. The second-order valence-electron chi connectivity index (χ2n) is 6.95. The molecular formula is C20H20N10O. The Bertz CT molecular complexity index is 1080. The molecular weight excluding hydrogens is 396 g/mol. The smallest absolute Gasteiger partial charge is 0.278 e. The number of pyridine rings is 1. The third-order valence-corrected chi connectivity index (χ3v) is 4.71. The third kappa shape index (κ3) is 5.26. The van der Waals surface area contributed by atoms with Crippen molar-refractivity contribution in [3.05, 3.63) is 54.4 Å². The molecule has 156 valence electrons. The molecule has 31 heavy (non-hydrogen) atoms. The number of anilines is 4. The third-order valence-electron chi connectivity index (χ3n) is 4.71. The lowest BCUT2D eigenvalue weighted by Gasteiger charge is -2.15. The van der Waals surface area contributed by atoms with Crippen LogP contribution in [0, 0.1) is 17.2 Å². The van der Waals surface area contributed by atoms with Gasteiger partial charge in [-0.1, -0.05) is 0 Å². The molecule has 11 heteroatoms. The summed E-state index contributed by atoms with van der Waals surface area (Å²) in [5, 5.41) is 29.5. The Balaban J connectivity index is 1.55. The molecule has 4 heterocycles. The van der Waals surface area contributed by atoms with E-state index in [1.54, 1.807) is 30.6 Å². The minimum atomic E-state index is -0.379. The van der Waals surface area contributed by atoms with Gasteiger partial charge in [-0.25, -0.2) is 9.97 Å². The van der Waals surface area contributed by atoms with E-state index >= 15 is 0 Å². The van der Waals surface area contributed by atoms with Gasteiger partial charge >= 0.3 is 0 Å². The molecule has 1 aliphatic heterocycles. The average molecular weight is 416 g/mol. The zero-order valence-electron chi connectivity index (χ0n) is 16.5. The first-order valence-electron chi connectivity index (χ1n) is 9.74. The minimum Gasteiger partial charge on any atom is -0.383 e. The van der Waals surface area contributed by atoms with E-state index in [4.69, 9.17) is 5.26 Å². The minimum absolute atomic E-state index is 0.180. The van der Waals surface area contributed by atoms with Crippen molar-refractivity contribution in [1.82, 2.24) is 30.5 Å². The maximum absolute atomic E-state index is 12.8. The van der Waals surface area contributed by atoms with Gasteiger partial charge in [0.2, 0.25) is 0 Å². The Kier molecular flexibility index (Phi) is 6.20. The van der Waals surface area contributed by atoms with Gasteiger partial charge in [0.05, 0.1) is 18.1 Å². The monoisotopic (exact) mass is 416 g/mol. The summed E-state index contributed by atoms with van der Waals surface area (Å²) in [5.74, 6) is 0.889. The Hall–Kier alpha value is -4.17. The Morgan fingerprint density at radius 3 is 2.77 bits per heavy atom. The summed E-state index contributed by atoms with van der Waals surface area (Å²) >= 11 is 0. The first-order valence-corrected chi connectivity index (χ1v) is 9.74. The number of hydrogen-bond acceptors (Lipinski definition) is 10. The standard InChI is InChI=1S/C20H20N10O/c21-8-15-11-26-18(12-24-15)28-17-7-16(25-10-13-1-4-23-9-13)19(30-29-17)20(31)27-14-2-5-22-6-3-14/h2-3,5-7,11-13,23H,1,4,9-10H2,(H,22,27,31)(H2,25,26,28,29). The van der Waals surface area contributed by atoms with Crippen molar-refractivity contribution in [3.8, 4) is 6.07 Å². The van der Waals surface area contributed by atoms with E-state index in [1.807, 2.05) is 6.07 Å². The SMILES string of the molecule is N#Cc1cnc(Nc2cc(NCC3CCNC3)c(C(=O)Nc3ccncc3)nn2)cn1. The van der Waals surface area contributed by atoms with Crippen LogP contribution in [-0.2, 0) is 0 Å². The molecule has 0 bridgehead atoms. The van der Waals surface area contributed by atoms with Crippen molar-refractivity contribution in [2.24, 2.45) is 5.92 Å². The van der Waals surface area contributed by atoms with Gasteiger partial charge in [-0.05, 0) is 37.6 Å². The van der Waals surface area contributed by atoms with Gasteiger partial charge in [0.15, 0.2) is 17.2 Å². The fourth-order valence-corrected chi connectivity index (χ4v) is 3.11. The van der Waals surface area contributed by atoms with Gasteiger partial charge in [0.1, 0.15) is 11.9 Å². The first kappa shape index (κ1) is 20.1. The van der Waals surface area contributed by atoms with Crippen molar-refractivity contribution in [2.45, 2.75) is 6.42 Å². The number of amides is 1. The van der Waals surface area contributed by atoms with Crippen LogP contribution in [0.15, 0.2) is 43.0 Å². The summed E-state index contributed by atoms with van der Waals surface area (Å²) in [7, 11) is 0. The van der Waals surface area contributed by atoms with Crippen LogP contribution < -0.4 is 21.3 Å². The molecule has 3 aromatic rings. The molecule has 1 aliphatic rings. The zero-order chi connectivity index (χ0) is 21.5. The van der Waals surface area contributed by atoms with Crippen LogP contribution in [0.1, 0.15) is 22.6 Å². The average Bonchev–Trinajstić information content (AvgIpc) is 3.33. The van der Waals surface area contributed by atoms with Gasteiger partial charge in [-0.3, -0.25) is 9.78 Å². The number of nitrogens with one attached hydrogen (secondary N) is 4. The molecule has 4 N–H and O–H groups in total. The molecule has 1 amide bonds. The van der Waals surface area contributed by atoms with Crippen LogP contribution in [0.5, 0.6) is 0 Å². The van der Waals surface area contributed by atoms with E-state index in [0.29, 0.717) is 35.5 Å². The van der Waals surface area contributed by atoms with Crippen molar-refractivity contribution < 1.29 is 4.79 Å². The molecule has 1 atom stereocenters. The largest absolute Gasteiger partial charge is 0.383 e. The van der Waals surface area contributed by atoms with Gasteiger partial charge < -0.3 is 21.3 Å². The number of carbonyl (C=O) groups excluding carboxylic acids is 1. The highest BCUT2D eigenvalue weighted by Gasteiger charge is 2.19. The molecule has 0 saturated carbocycles. The van der Waals surface area contributed by atoms with Gasteiger partial charge in [-0.2, -0.15) is 5.26 Å². The second-order valence-corrected chi connectivity index (χ2v) is 6.95. The Morgan fingerprint density at radius 1 is 1.19 bits per heavy atom. The van der Waals surface area contributed by atoms with E-state index < -0.39 is 0 Å². The number of nitrogens with zero attached hydrogens (tertiary/aromatic N) is 6. The maximum atomic E-state index is 12.8.